The lowest BCUT2D eigenvalue weighted by molar-refractivity contribution is 0.869. The molecule has 0 bridgehead atoms. The van der Waals surface area contributed by atoms with Gasteiger partial charge in [-0.05, 0) is 186 Å². The number of hydrogen-bond acceptors (Lipinski definition) is 2. The number of anilines is 6. The van der Waals surface area contributed by atoms with Crippen LogP contribution in [0.1, 0.15) is 5.56 Å². The third kappa shape index (κ3) is 9.65. The van der Waals surface area contributed by atoms with Gasteiger partial charge in [0.25, 0.3) is 0 Å². The number of rotatable bonds is 13. The summed E-state index contributed by atoms with van der Waals surface area (Å²) in [6, 6.07) is 126. The van der Waals surface area contributed by atoms with E-state index in [4.69, 9.17) is 0 Å². The average molecular weight is 1180 g/mol. The Hall–Kier alpha value is -12.0. The molecule has 0 aliphatic rings. The monoisotopic (exact) mass is 1170 g/mol. The van der Waals surface area contributed by atoms with Gasteiger partial charge in [-0.1, -0.05) is 243 Å². The fraction of sp³-hybridized carbons (Fsp3) is 0.0227. The first-order chi connectivity index (χ1) is 45.5. The van der Waals surface area contributed by atoms with Crippen molar-refractivity contribution in [2.24, 2.45) is 7.05 Å². The predicted octanol–water partition coefficient (Wildman–Crippen LogP) is 24.1. The van der Waals surface area contributed by atoms with Crippen molar-refractivity contribution in [3.8, 4) is 55.6 Å². The van der Waals surface area contributed by atoms with E-state index in [1.54, 1.807) is 0 Å². The van der Waals surface area contributed by atoms with Gasteiger partial charge >= 0.3 is 0 Å². The Morgan fingerprint density at radius 1 is 0.239 bits per heavy atom. The second-order valence-corrected chi connectivity index (χ2v) is 24.1. The van der Waals surface area contributed by atoms with Crippen molar-refractivity contribution in [1.29, 1.82) is 0 Å². The molecule has 0 aliphatic carbocycles. The maximum absolute atomic E-state index is 2.52. The summed E-state index contributed by atoms with van der Waals surface area (Å²) < 4.78 is 4.86. The zero-order valence-corrected chi connectivity index (χ0v) is 50.9. The maximum Gasteiger partial charge on any atom is 0.0501 e. The minimum Gasteiger partial charge on any atom is -0.344 e. The summed E-state index contributed by atoms with van der Waals surface area (Å²) in [7, 11) is 2.18. The minimum absolute atomic E-state index is 0.732. The van der Waals surface area contributed by atoms with Crippen LogP contribution in [-0.2, 0) is 13.6 Å². The molecular weight excluding hydrogens is 1110 g/mol. The number of fused-ring (bicyclic) bond motifs is 9. The van der Waals surface area contributed by atoms with Gasteiger partial charge in [0.1, 0.15) is 0 Å². The lowest BCUT2D eigenvalue weighted by Gasteiger charge is -2.26. The zero-order valence-electron chi connectivity index (χ0n) is 50.9. The quantitative estimate of drug-likeness (QED) is 0.114. The third-order valence-electron chi connectivity index (χ3n) is 18.8. The molecule has 2 heterocycles. The molecule has 2 aromatic heterocycles. The standard InChI is InChI=1S/C88H62N4/c1-89-82-29-15-27-78(86(82)81-57-70-20-11-12-21-71(70)58-85(81)89)69-45-54-77(55-46-69)92(73-24-9-4-10-25-73)76-50-41-65(42-51-76)62-33-31-60(32-34-62)59-90-83-30-16-28-80(87(83)88-79-26-14-13-19-67(79)47-56-84(88)90)68-37-35-63(36-38-68)66-43-52-75(53-44-66)91(72-22-7-3-8-23-72)74-48-39-64(40-49-74)61-17-5-2-6-18-61/h2-58H,59H2,1H3. The number of aryl methyl sites for hydroxylation is 1. The van der Waals surface area contributed by atoms with Crippen LogP contribution in [0.2, 0.25) is 0 Å². The van der Waals surface area contributed by atoms with Gasteiger partial charge in [0.05, 0.1) is 11.0 Å². The number of nitrogens with zero attached hydrogens (tertiary/aromatic N) is 4. The van der Waals surface area contributed by atoms with Crippen LogP contribution in [0, 0.1) is 0 Å². The summed E-state index contributed by atoms with van der Waals surface area (Å²) >= 11 is 0. The smallest absolute Gasteiger partial charge is 0.0501 e. The fourth-order valence-corrected chi connectivity index (χ4v) is 14.2. The molecule has 0 amide bonds. The minimum atomic E-state index is 0.732. The molecule has 0 atom stereocenters. The topological polar surface area (TPSA) is 16.3 Å². The van der Waals surface area contributed by atoms with Crippen molar-refractivity contribution in [2.45, 2.75) is 6.54 Å². The zero-order chi connectivity index (χ0) is 61.1. The van der Waals surface area contributed by atoms with Crippen LogP contribution in [0.5, 0.6) is 0 Å². The van der Waals surface area contributed by atoms with Gasteiger partial charge in [-0.2, -0.15) is 0 Å². The van der Waals surface area contributed by atoms with Crippen LogP contribution < -0.4 is 9.80 Å². The molecule has 0 radical (unpaired) electrons. The van der Waals surface area contributed by atoms with Gasteiger partial charge in [-0.15, -0.1) is 0 Å². The van der Waals surface area contributed by atoms with Crippen LogP contribution in [-0.4, -0.2) is 9.13 Å². The molecule has 4 heteroatoms. The fourth-order valence-electron chi connectivity index (χ4n) is 14.2. The summed E-state index contributed by atoms with van der Waals surface area (Å²) in [5.74, 6) is 0. The molecule has 0 saturated carbocycles. The first-order valence-electron chi connectivity index (χ1n) is 31.7. The van der Waals surface area contributed by atoms with Gasteiger partial charge < -0.3 is 18.9 Å². The van der Waals surface area contributed by atoms with Crippen molar-refractivity contribution < 1.29 is 0 Å². The summed E-state index contributed by atoms with van der Waals surface area (Å²) in [5.41, 5.74) is 24.8. The Morgan fingerprint density at radius 3 is 1.15 bits per heavy atom. The van der Waals surface area contributed by atoms with E-state index in [0.717, 1.165) is 40.7 Å². The Labute approximate surface area is 535 Å². The Balaban J connectivity index is 0.647. The van der Waals surface area contributed by atoms with Gasteiger partial charge in [-0.25, -0.2) is 0 Å². The average Bonchev–Trinajstić information content (AvgIpc) is 1.66. The number of hydrogen-bond donors (Lipinski definition) is 0. The van der Waals surface area contributed by atoms with Crippen LogP contribution in [0.3, 0.4) is 0 Å². The van der Waals surface area contributed by atoms with E-state index in [1.807, 2.05) is 0 Å². The van der Waals surface area contributed by atoms with Crippen LogP contribution in [0.4, 0.5) is 34.1 Å². The van der Waals surface area contributed by atoms with Gasteiger partial charge in [0.15, 0.2) is 0 Å². The van der Waals surface area contributed by atoms with Gasteiger partial charge in [0.2, 0.25) is 0 Å². The number of para-hydroxylation sites is 2. The molecule has 15 aromatic carbocycles. The second-order valence-electron chi connectivity index (χ2n) is 24.1. The van der Waals surface area contributed by atoms with E-state index in [0.29, 0.717) is 0 Å². The highest BCUT2D eigenvalue weighted by Gasteiger charge is 2.21. The first kappa shape index (κ1) is 54.2. The molecule has 92 heavy (non-hydrogen) atoms. The van der Waals surface area contributed by atoms with Crippen molar-refractivity contribution in [3.63, 3.8) is 0 Å². The summed E-state index contributed by atoms with van der Waals surface area (Å²) in [6.07, 6.45) is 0. The lowest BCUT2D eigenvalue weighted by Crippen LogP contribution is -2.09. The Bertz CT molecular complexity index is 5540. The molecule has 0 spiro atoms. The van der Waals surface area contributed by atoms with Crippen LogP contribution in [0.15, 0.2) is 346 Å². The first-order valence-corrected chi connectivity index (χ1v) is 31.7. The summed E-state index contributed by atoms with van der Waals surface area (Å²) in [6.45, 7) is 0.732. The molecule has 17 rings (SSSR count). The van der Waals surface area contributed by atoms with Gasteiger partial charge in [-0.3, -0.25) is 0 Å². The number of benzene rings is 15. The Kier molecular flexibility index (Phi) is 13.5. The van der Waals surface area contributed by atoms with Crippen LogP contribution >= 0.6 is 0 Å². The SMILES string of the molecule is Cn1c2cc3ccccc3cc2c2c(-c3ccc(N(c4ccccc4)c4ccc(-c5ccc(Cn6c7cccc(-c8ccc(-c9ccc(N(c%10ccccc%10)c%10ccc(-c%11ccccc%11)cc%10)cc9)cc8)c7c7c8ccccc8ccc76)cc5)cc4)cc3)cccc21. The highest BCUT2D eigenvalue weighted by atomic mass is 15.1. The van der Waals surface area contributed by atoms with Crippen molar-refractivity contribution in [3.05, 3.63) is 351 Å². The molecule has 0 aliphatic heterocycles. The second kappa shape index (κ2) is 22.9. The number of aromatic nitrogens is 2. The molecule has 434 valence electrons. The molecule has 0 saturated heterocycles. The Morgan fingerprint density at radius 2 is 0.620 bits per heavy atom. The largest absolute Gasteiger partial charge is 0.344 e. The lowest BCUT2D eigenvalue weighted by atomic mass is 9.95. The molecule has 0 N–H and O–H groups in total. The van der Waals surface area contributed by atoms with E-state index >= 15 is 0 Å². The van der Waals surface area contributed by atoms with Gasteiger partial charge in [0, 0.05) is 80.3 Å². The van der Waals surface area contributed by atoms with E-state index in [-0.39, 0.29) is 0 Å². The van der Waals surface area contributed by atoms with E-state index in [9.17, 15) is 0 Å². The van der Waals surface area contributed by atoms with Crippen molar-refractivity contribution in [1.82, 2.24) is 9.13 Å². The predicted molar refractivity (Wildman–Crippen MR) is 391 cm³/mol. The molecule has 17 aromatic rings. The molecular formula is C88H62N4. The normalized spacial score (nSPS) is 11.6. The maximum atomic E-state index is 2.52. The van der Waals surface area contributed by atoms with E-state index in [2.05, 4.69) is 372 Å². The third-order valence-corrected chi connectivity index (χ3v) is 18.8. The highest BCUT2D eigenvalue weighted by molar-refractivity contribution is 6.24. The summed E-state index contributed by atoms with van der Waals surface area (Å²) in [4.78, 5) is 4.68. The van der Waals surface area contributed by atoms with Crippen LogP contribution in [0.25, 0.3) is 121 Å². The van der Waals surface area contributed by atoms with Crippen molar-refractivity contribution >= 4 is 99.3 Å². The molecule has 4 nitrogen and oxygen atoms in total. The highest BCUT2D eigenvalue weighted by Crippen LogP contribution is 2.45. The van der Waals surface area contributed by atoms with E-state index < -0.39 is 0 Å². The molecule has 0 fully saturated rings. The van der Waals surface area contributed by atoms with E-state index in [1.165, 1.54) is 126 Å². The summed E-state index contributed by atoms with van der Waals surface area (Å²) in [5, 5.41) is 10.1. The van der Waals surface area contributed by atoms with Crippen molar-refractivity contribution in [2.75, 3.05) is 9.80 Å². The molecule has 0 unspecified atom stereocenters.